The minimum atomic E-state index is -2.76. The van der Waals surface area contributed by atoms with Crippen molar-refractivity contribution in [1.29, 1.82) is 0 Å². The Labute approximate surface area is 76.3 Å². The van der Waals surface area contributed by atoms with Crippen LogP contribution in [0.25, 0.3) is 0 Å². The Balaban J connectivity index is 2.61. The number of hydrogen-bond donors (Lipinski definition) is 0. The lowest BCUT2D eigenvalue weighted by Crippen LogP contribution is -2.47. The summed E-state index contributed by atoms with van der Waals surface area (Å²) in [4.78, 5) is 11.3. The lowest BCUT2D eigenvalue weighted by Gasteiger charge is -2.35. The molecule has 0 aliphatic carbocycles. The van der Waals surface area contributed by atoms with Gasteiger partial charge in [-0.3, -0.25) is 4.79 Å². The third-order valence-electron chi connectivity index (χ3n) is 2.48. The van der Waals surface area contributed by atoms with Crippen LogP contribution in [-0.2, 0) is 9.53 Å². The fraction of sp³-hybridized carbons (Fsp3) is 0.889. The highest BCUT2D eigenvalue weighted by molar-refractivity contribution is 5.86. The zero-order valence-electron chi connectivity index (χ0n) is 7.90. The number of carbonyl (C=O) groups is 1. The van der Waals surface area contributed by atoms with Crippen molar-refractivity contribution < 1.29 is 18.3 Å². The van der Waals surface area contributed by atoms with Gasteiger partial charge in [-0.1, -0.05) is 6.92 Å². The molecule has 0 amide bonds. The molecule has 1 fully saturated rings. The van der Waals surface area contributed by atoms with E-state index in [1.807, 2.05) is 0 Å². The van der Waals surface area contributed by atoms with Gasteiger partial charge < -0.3 is 4.74 Å². The molecule has 0 bridgehead atoms. The Hall–Kier alpha value is -0.510. The van der Waals surface area contributed by atoms with Gasteiger partial charge in [-0.2, -0.15) is 0 Å². The lowest BCUT2D eigenvalue weighted by atomic mass is 9.89. The maximum atomic E-state index is 12.7. The molecule has 1 saturated heterocycles. The predicted molar refractivity (Wildman–Crippen MR) is 43.8 cm³/mol. The molecule has 0 aromatic carbocycles. The van der Waals surface area contributed by atoms with E-state index in [2.05, 4.69) is 0 Å². The first-order valence-electron chi connectivity index (χ1n) is 4.45. The van der Waals surface area contributed by atoms with Crippen LogP contribution in [0.3, 0.4) is 0 Å². The van der Waals surface area contributed by atoms with Crippen LogP contribution >= 0.6 is 0 Å². The minimum absolute atomic E-state index is 0.0944. The van der Waals surface area contributed by atoms with Gasteiger partial charge in [0.2, 0.25) is 0 Å². The van der Waals surface area contributed by atoms with Gasteiger partial charge in [0.25, 0.3) is 5.92 Å². The number of Topliss-reactive ketones (excluding diaryl/α,β-unsaturated/α-hetero) is 1. The van der Waals surface area contributed by atoms with Gasteiger partial charge in [0, 0.05) is 12.8 Å². The van der Waals surface area contributed by atoms with Crippen molar-refractivity contribution in [3.63, 3.8) is 0 Å². The van der Waals surface area contributed by atoms with E-state index in [4.69, 9.17) is 4.74 Å². The van der Waals surface area contributed by atoms with E-state index in [-0.39, 0.29) is 18.6 Å². The molecule has 13 heavy (non-hydrogen) atoms. The summed E-state index contributed by atoms with van der Waals surface area (Å²) < 4.78 is 30.3. The molecule has 1 aliphatic heterocycles. The van der Waals surface area contributed by atoms with Crippen molar-refractivity contribution in [2.45, 2.75) is 44.6 Å². The van der Waals surface area contributed by atoms with Crippen LogP contribution in [0.5, 0.6) is 0 Å². The third kappa shape index (κ3) is 2.24. The molecule has 0 N–H and O–H groups in total. The molecule has 1 atom stereocenters. The van der Waals surface area contributed by atoms with E-state index in [9.17, 15) is 13.6 Å². The van der Waals surface area contributed by atoms with E-state index in [1.54, 1.807) is 13.8 Å². The third-order valence-corrected chi connectivity index (χ3v) is 2.48. The van der Waals surface area contributed by atoms with Crippen LogP contribution in [0, 0.1) is 0 Å². The SMILES string of the molecule is CCC(=O)[C@]1(C)CCC(F)(F)CO1. The van der Waals surface area contributed by atoms with Crippen molar-refractivity contribution in [3.05, 3.63) is 0 Å². The number of ether oxygens (including phenoxy) is 1. The minimum Gasteiger partial charge on any atom is -0.361 e. The van der Waals surface area contributed by atoms with E-state index >= 15 is 0 Å². The Morgan fingerprint density at radius 1 is 1.46 bits per heavy atom. The number of rotatable bonds is 2. The highest BCUT2D eigenvalue weighted by Crippen LogP contribution is 2.34. The molecule has 1 rings (SSSR count). The van der Waals surface area contributed by atoms with E-state index in [0.29, 0.717) is 6.42 Å². The molecule has 76 valence electrons. The molecule has 0 radical (unpaired) electrons. The largest absolute Gasteiger partial charge is 0.361 e. The molecule has 1 aliphatic rings. The quantitative estimate of drug-likeness (QED) is 0.670. The fourth-order valence-electron chi connectivity index (χ4n) is 1.42. The second kappa shape index (κ2) is 3.33. The Kier molecular flexibility index (Phi) is 2.71. The van der Waals surface area contributed by atoms with E-state index in [1.165, 1.54) is 0 Å². The number of alkyl halides is 2. The van der Waals surface area contributed by atoms with Gasteiger partial charge >= 0.3 is 0 Å². The summed E-state index contributed by atoms with van der Waals surface area (Å²) in [5, 5.41) is 0. The van der Waals surface area contributed by atoms with Crippen molar-refractivity contribution in [3.8, 4) is 0 Å². The van der Waals surface area contributed by atoms with Gasteiger partial charge in [-0.15, -0.1) is 0 Å². The van der Waals surface area contributed by atoms with Crippen LogP contribution < -0.4 is 0 Å². The second-order valence-corrected chi connectivity index (χ2v) is 3.65. The topological polar surface area (TPSA) is 26.3 Å². The molecular weight excluding hydrogens is 178 g/mol. The van der Waals surface area contributed by atoms with E-state index in [0.717, 1.165) is 0 Å². The Bertz CT molecular complexity index is 204. The number of hydrogen-bond acceptors (Lipinski definition) is 2. The monoisotopic (exact) mass is 192 g/mol. The van der Waals surface area contributed by atoms with Gasteiger partial charge in [0.15, 0.2) is 5.78 Å². The first kappa shape index (κ1) is 10.6. The Morgan fingerprint density at radius 2 is 2.08 bits per heavy atom. The normalized spacial score (nSPS) is 32.9. The smallest absolute Gasteiger partial charge is 0.271 e. The van der Waals surface area contributed by atoms with Crippen LogP contribution in [0.1, 0.15) is 33.1 Å². The molecule has 0 saturated carbocycles. The maximum absolute atomic E-state index is 12.7. The highest BCUT2D eigenvalue weighted by atomic mass is 19.3. The highest BCUT2D eigenvalue weighted by Gasteiger charge is 2.44. The van der Waals surface area contributed by atoms with Gasteiger partial charge in [-0.05, 0) is 13.3 Å². The maximum Gasteiger partial charge on any atom is 0.271 e. The molecular formula is C9H14F2O2. The van der Waals surface area contributed by atoms with Crippen LogP contribution in [-0.4, -0.2) is 23.9 Å². The summed E-state index contributed by atoms with van der Waals surface area (Å²) in [5.74, 6) is -2.85. The lowest BCUT2D eigenvalue weighted by molar-refractivity contribution is -0.187. The predicted octanol–water partition coefficient (Wildman–Crippen LogP) is 2.17. The zero-order valence-corrected chi connectivity index (χ0v) is 7.90. The summed E-state index contributed by atoms with van der Waals surface area (Å²) in [7, 11) is 0. The summed E-state index contributed by atoms with van der Waals surface area (Å²) in [5.41, 5.74) is -0.976. The van der Waals surface area contributed by atoms with Crippen molar-refractivity contribution >= 4 is 5.78 Å². The summed E-state index contributed by atoms with van der Waals surface area (Å²) in [6, 6.07) is 0. The van der Waals surface area contributed by atoms with Crippen molar-refractivity contribution in [2.24, 2.45) is 0 Å². The van der Waals surface area contributed by atoms with E-state index < -0.39 is 18.1 Å². The number of carbonyl (C=O) groups excluding carboxylic acids is 1. The first-order chi connectivity index (χ1) is 5.90. The molecule has 0 unspecified atom stereocenters. The first-order valence-corrected chi connectivity index (χ1v) is 4.45. The molecule has 0 spiro atoms. The van der Waals surface area contributed by atoms with Gasteiger partial charge in [-0.25, -0.2) is 8.78 Å². The van der Waals surface area contributed by atoms with Crippen molar-refractivity contribution in [1.82, 2.24) is 0 Å². The van der Waals surface area contributed by atoms with Crippen molar-refractivity contribution in [2.75, 3.05) is 6.61 Å². The van der Waals surface area contributed by atoms with Gasteiger partial charge in [0.05, 0.1) is 0 Å². The number of ketones is 1. The molecule has 0 aromatic rings. The van der Waals surface area contributed by atoms with Crippen LogP contribution in [0.2, 0.25) is 0 Å². The van der Waals surface area contributed by atoms with Gasteiger partial charge in [0.1, 0.15) is 12.2 Å². The average molecular weight is 192 g/mol. The summed E-state index contributed by atoms with van der Waals surface area (Å²) >= 11 is 0. The second-order valence-electron chi connectivity index (χ2n) is 3.65. The molecule has 4 heteroatoms. The molecule has 1 heterocycles. The average Bonchev–Trinajstić information content (AvgIpc) is 2.09. The molecule has 0 aromatic heterocycles. The van der Waals surface area contributed by atoms with Crippen LogP contribution in [0.4, 0.5) is 8.78 Å². The fourth-order valence-corrected chi connectivity index (χ4v) is 1.42. The van der Waals surface area contributed by atoms with Crippen LogP contribution in [0.15, 0.2) is 0 Å². The standard InChI is InChI=1S/C9H14F2O2/c1-3-7(12)8(2)4-5-9(10,11)6-13-8/h3-6H2,1-2H3/t8-/m0/s1. The zero-order chi connectivity index (χ0) is 10.1. The summed E-state index contributed by atoms with van der Waals surface area (Å²) in [6.07, 6.45) is 0.198. The summed E-state index contributed by atoms with van der Waals surface area (Å²) in [6.45, 7) is 2.67. The number of halogens is 2. The Morgan fingerprint density at radius 3 is 2.46 bits per heavy atom. The molecule has 2 nitrogen and oxygen atoms in total.